The van der Waals surface area contributed by atoms with Crippen LogP contribution in [0.1, 0.15) is 36.9 Å². The summed E-state index contributed by atoms with van der Waals surface area (Å²) in [7, 11) is 2.11. The number of hydrogen-bond donors (Lipinski definition) is 1. The van der Waals surface area contributed by atoms with Crippen LogP contribution in [0.15, 0.2) is 24.3 Å². The predicted molar refractivity (Wildman–Crippen MR) is 78.0 cm³/mol. The Morgan fingerprint density at radius 1 is 1.26 bits per heavy atom. The van der Waals surface area contributed by atoms with Crippen LogP contribution in [0.2, 0.25) is 0 Å². The molecule has 0 spiro atoms. The number of likely N-dealkylation sites (tertiary alicyclic amines) is 1. The van der Waals surface area contributed by atoms with Gasteiger partial charge in [-0.1, -0.05) is 29.8 Å². The maximum atomic E-state index is 12.2. The number of rotatable bonds is 3. The Labute approximate surface area is 116 Å². The molecule has 1 aromatic rings. The molecule has 1 atom stereocenters. The number of piperidine rings is 1. The van der Waals surface area contributed by atoms with E-state index in [-0.39, 0.29) is 17.9 Å². The van der Waals surface area contributed by atoms with E-state index in [0.717, 1.165) is 25.9 Å². The quantitative estimate of drug-likeness (QED) is 0.905. The lowest BCUT2D eigenvalue weighted by Gasteiger charge is -2.29. The van der Waals surface area contributed by atoms with Crippen LogP contribution >= 0.6 is 0 Å². The maximum absolute atomic E-state index is 12.2. The minimum absolute atomic E-state index is 0.0905. The van der Waals surface area contributed by atoms with Crippen molar-refractivity contribution in [3.05, 3.63) is 35.4 Å². The number of amides is 1. The van der Waals surface area contributed by atoms with Crippen LogP contribution in [0.4, 0.5) is 0 Å². The van der Waals surface area contributed by atoms with E-state index in [1.54, 1.807) is 0 Å². The number of aryl methyl sites for hydroxylation is 1. The molecule has 0 unspecified atom stereocenters. The third kappa shape index (κ3) is 3.80. The van der Waals surface area contributed by atoms with Crippen molar-refractivity contribution in [1.82, 2.24) is 10.2 Å². The summed E-state index contributed by atoms with van der Waals surface area (Å²) in [5, 5.41) is 3.14. The smallest absolute Gasteiger partial charge is 0.223 e. The fourth-order valence-corrected chi connectivity index (χ4v) is 2.54. The van der Waals surface area contributed by atoms with E-state index in [9.17, 15) is 4.79 Å². The van der Waals surface area contributed by atoms with Crippen LogP contribution in [0.5, 0.6) is 0 Å². The molecule has 3 heteroatoms. The van der Waals surface area contributed by atoms with Crippen LogP contribution in [0, 0.1) is 12.8 Å². The Kier molecular flexibility index (Phi) is 4.59. The standard InChI is InChI=1S/C16H24N2O/c1-12-4-6-14(7-5-12)13(2)17-16(19)15-8-10-18(3)11-9-15/h4-7,13,15H,8-11H2,1-3H3,(H,17,19)/t13-/m0/s1. The zero-order valence-corrected chi connectivity index (χ0v) is 12.1. The summed E-state index contributed by atoms with van der Waals surface area (Å²) >= 11 is 0. The normalized spacial score (nSPS) is 19.1. The molecule has 1 heterocycles. The lowest BCUT2D eigenvalue weighted by atomic mass is 9.95. The molecular weight excluding hydrogens is 236 g/mol. The first-order valence-corrected chi connectivity index (χ1v) is 7.12. The lowest BCUT2D eigenvalue weighted by Crippen LogP contribution is -2.39. The summed E-state index contributed by atoms with van der Waals surface area (Å²) in [6.07, 6.45) is 1.95. The first kappa shape index (κ1) is 14.1. The molecule has 1 fully saturated rings. The topological polar surface area (TPSA) is 32.3 Å². The predicted octanol–water partition coefficient (Wildman–Crippen LogP) is 2.51. The highest BCUT2D eigenvalue weighted by molar-refractivity contribution is 5.79. The van der Waals surface area contributed by atoms with Crippen LogP contribution in [0.25, 0.3) is 0 Å². The van der Waals surface area contributed by atoms with Gasteiger partial charge in [0, 0.05) is 5.92 Å². The van der Waals surface area contributed by atoms with Gasteiger partial charge >= 0.3 is 0 Å². The average Bonchev–Trinajstić information content (AvgIpc) is 2.40. The first-order valence-electron chi connectivity index (χ1n) is 7.12. The van der Waals surface area contributed by atoms with Crippen LogP contribution in [-0.4, -0.2) is 30.9 Å². The average molecular weight is 260 g/mol. The van der Waals surface area contributed by atoms with E-state index in [0.29, 0.717) is 0 Å². The molecule has 1 N–H and O–H groups in total. The fourth-order valence-electron chi connectivity index (χ4n) is 2.54. The molecule has 0 radical (unpaired) electrons. The molecule has 1 aromatic carbocycles. The minimum atomic E-state index is 0.0905. The van der Waals surface area contributed by atoms with E-state index in [4.69, 9.17) is 0 Å². The van der Waals surface area contributed by atoms with Gasteiger partial charge in [0.15, 0.2) is 0 Å². The Morgan fingerprint density at radius 2 is 1.84 bits per heavy atom. The zero-order chi connectivity index (χ0) is 13.8. The van der Waals surface area contributed by atoms with Crippen LogP contribution < -0.4 is 5.32 Å². The van der Waals surface area contributed by atoms with Gasteiger partial charge < -0.3 is 10.2 Å². The monoisotopic (exact) mass is 260 g/mol. The van der Waals surface area contributed by atoms with E-state index < -0.39 is 0 Å². The third-order valence-corrected chi connectivity index (χ3v) is 4.03. The molecule has 0 saturated carbocycles. The maximum Gasteiger partial charge on any atom is 0.223 e. The number of nitrogens with one attached hydrogen (secondary N) is 1. The summed E-state index contributed by atoms with van der Waals surface area (Å²) in [6, 6.07) is 8.46. The van der Waals surface area contributed by atoms with E-state index >= 15 is 0 Å². The highest BCUT2D eigenvalue weighted by atomic mass is 16.1. The molecular formula is C16H24N2O. The van der Waals surface area contributed by atoms with Crippen LogP contribution in [0.3, 0.4) is 0 Å². The Bertz CT molecular complexity index is 419. The second-order valence-corrected chi connectivity index (χ2v) is 5.72. The highest BCUT2D eigenvalue weighted by Gasteiger charge is 2.24. The first-order chi connectivity index (χ1) is 9.06. The van der Waals surface area contributed by atoms with E-state index in [1.165, 1.54) is 11.1 Å². The summed E-state index contributed by atoms with van der Waals surface area (Å²) in [6.45, 7) is 6.18. The minimum Gasteiger partial charge on any atom is -0.349 e. The molecule has 0 aromatic heterocycles. The van der Waals surface area contributed by atoms with Gasteiger partial charge in [-0.2, -0.15) is 0 Å². The molecule has 0 aliphatic carbocycles. The Hall–Kier alpha value is -1.35. The molecule has 1 amide bonds. The molecule has 2 rings (SSSR count). The Morgan fingerprint density at radius 3 is 2.42 bits per heavy atom. The van der Waals surface area contributed by atoms with Gasteiger partial charge in [0.2, 0.25) is 5.91 Å². The van der Waals surface area contributed by atoms with Gasteiger partial charge in [-0.25, -0.2) is 0 Å². The van der Waals surface area contributed by atoms with Gasteiger partial charge in [0.05, 0.1) is 6.04 Å². The number of carbonyl (C=O) groups is 1. The van der Waals surface area contributed by atoms with Crippen molar-refractivity contribution in [2.45, 2.75) is 32.7 Å². The number of nitrogens with zero attached hydrogens (tertiary/aromatic N) is 1. The second-order valence-electron chi connectivity index (χ2n) is 5.72. The summed E-state index contributed by atoms with van der Waals surface area (Å²) in [5.74, 6) is 0.394. The molecule has 1 aliphatic heterocycles. The largest absolute Gasteiger partial charge is 0.349 e. The summed E-state index contributed by atoms with van der Waals surface area (Å²) in [5.41, 5.74) is 2.42. The molecule has 3 nitrogen and oxygen atoms in total. The number of hydrogen-bond acceptors (Lipinski definition) is 2. The van der Waals surface area contributed by atoms with Gasteiger partial charge in [-0.3, -0.25) is 4.79 Å². The molecule has 1 aliphatic rings. The van der Waals surface area contributed by atoms with Crippen molar-refractivity contribution in [3.8, 4) is 0 Å². The Balaban J connectivity index is 1.89. The van der Waals surface area contributed by atoms with Crippen molar-refractivity contribution >= 4 is 5.91 Å². The zero-order valence-electron chi connectivity index (χ0n) is 12.1. The lowest BCUT2D eigenvalue weighted by molar-refractivity contribution is -0.127. The molecule has 0 bridgehead atoms. The van der Waals surface area contributed by atoms with Gasteiger partial charge in [0.25, 0.3) is 0 Å². The molecule has 19 heavy (non-hydrogen) atoms. The third-order valence-electron chi connectivity index (χ3n) is 4.03. The SMILES string of the molecule is Cc1ccc([C@H](C)NC(=O)C2CCN(C)CC2)cc1. The van der Waals surface area contributed by atoms with Gasteiger partial charge in [-0.15, -0.1) is 0 Å². The molecule has 104 valence electrons. The van der Waals surface area contributed by atoms with E-state index in [2.05, 4.69) is 55.4 Å². The van der Waals surface area contributed by atoms with Gasteiger partial charge in [-0.05, 0) is 52.4 Å². The summed E-state index contributed by atoms with van der Waals surface area (Å²) < 4.78 is 0. The van der Waals surface area contributed by atoms with E-state index in [1.807, 2.05) is 0 Å². The van der Waals surface area contributed by atoms with Crippen molar-refractivity contribution < 1.29 is 4.79 Å². The fraction of sp³-hybridized carbons (Fsp3) is 0.562. The highest BCUT2D eigenvalue weighted by Crippen LogP contribution is 2.19. The van der Waals surface area contributed by atoms with Crippen molar-refractivity contribution in [2.75, 3.05) is 20.1 Å². The second kappa shape index (κ2) is 6.20. The van der Waals surface area contributed by atoms with Crippen LogP contribution in [-0.2, 0) is 4.79 Å². The summed E-state index contributed by atoms with van der Waals surface area (Å²) in [4.78, 5) is 14.5. The van der Waals surface area contributed by atoms with Crippen molar-refractivity contribution in [1.29, 1.82) is 0 Å². The molecule has 1 saturated heterocycles. The number of carbonyl (C=O) groups excluding carboxylic acids is 1. The van der Waals surface area contributed by atoms with Gasteiger partial charge in [0.1, 0.15) is 0 Å². The number of benzene rings is 1. The van der Waals surface area contributed by atoms with Crippen molar-refractivity contribution in [2.24, 2.45) is 5.92 Å². The van der Waals surface area contributed by atoms with Crippen molar-refractivity contribution in [3.63, 3.8) is 0 Å².